The molecule has 2 aromatic carbocycles. The molecule has 0 fully saturated rings. The summed E-state index contributed by atoms with van der Waals surface area (Å²) in [6.45, 7) is 3.27. The summed E-state index contributed by atoms with van der Waals surface area (Å²) in [4.78, 5) is 19.7. The highest BCUT2D eigenvalue weighted by Gasteiger charge is 2.29. The lowest BCUT2D eigenvalue weighted by molar-refractivity contribution is 0.0780. The van der Waals surface area contributed by atoms with Crippen LogP contribution < -0.4 is 0 Å². The van der Waals surface area contributed by atoms with Gasteiger partial charge in [0.15, 0.2) is 0 Å². The van der Waals surface area contributed by atoms with Gasteiger partial charge in [-0.3, -0.25) is 14.5 Å². The van der Waals surface area contributed by atoms with Crippen LogP contribution in [0.4, 0.5) is 0 Å². The molecule has 144 valence electrons. The third-order valence-corrected chi connectivity index (χ3v) is 5.61. The van der Waals surface area contributed by atoms with Gasteiger partial charge in [-0.1, -0.05) is 36.4 Å². The van der Waals surface area contributed by atoms with Gasteiger partial charge in [-0.15, -0.1) is 0 Å². The molecule has 29 heavy (non-hydrogen) atoms. The fraction of sp³-hybridized carbons (Fsp3) is 0.208. The van der Waals surface area contributed by atoms with E-state index in [2.05, 4.69) is 35.4 Å². The second-order valence-electron chi connectivity index (χ2n) is 7.60. The molecule has 1 amide bonds. The zero-order valence-electron chi connectivity index (χ0n) is 16.6. The maximum atomic E-state index is 13.0. The molecule has 0 radical (unpaired) electrons. The molecular formula is C24H22N4O. The Hall–Kier alpha value is -3.47. The summed E-state index contributed by atoms with van der Waals surface area (Å²) in [6.07, 6.45) is 0.741. The second-order valence-corrected chi connectivity index (χ2v) is 7.60. The summed E-state index contributed by atoms with van der Waals surface area (Å²) >= 11 is 0. The molecule has 0 spiro atoms. The van der Waals surface area contributed by atoms with Crippen LogP contribution in [-0.4, -0.2) is 32.1 Å². The number of nitrogens with zero attached hydrogens (tertiary/aromatic N) is 4. The Kier molecular flexibility index (Phi) is 4.16. The lowest BCUT2D eigenvalue weighted by Gasteiger charge is -2.15. The third-order valence-electron chi connectivity index (χ3n) is 5.61. The summed E-state index contributed by atoms with van der Waals surface area (Å²) in [5, 5.41) is 5.60. The van der Waals surface area contributed by atoms with Crippen LogP contribution in [0.25, 0.3) is 22.2 Å². The minimum absolute atomic E-state index is 0.0986. The number of fused-ring (bicyclic) bond motifs is 2. The number of carbonyl (C=O) groups is 1. The first-order chi connectivity index (χ1) is 14.1. The molecule has 0 bridgehead atoms. The molecule has 0 N–H and O–H groups in total. The molecule has 5 nitrogen and oxygen atoms in total. The average Bonchev–Trinajstić information content (AvgIpc) is 3.24. The first kappa shape index (κ1) is 17.6. The van der Waals surface area contributed by atoms with Crippen LogP contribution in [0.5, 0.6) is 0 Å². The highest BCUT2D eigenvalue weighted by Crippen LogP contribution is 2.33. The SMILES string of the molecule is Cc1cc(-c2cccc3c2CN(CCc2ccc4ccccc4n2)C3=O)n(C)n1. The number of hydrogen-bond donors (Lipinski definition) is 0. The van der Waals surface area contributed by atoms with Crippen LogP contribution in [0.1, 0.15) is 27.3 Å². The standard InChI is InChI=1S/C24H22N4O/c1-16-14-23(27(2)26-16)19-7-5-8-20-21(19)15-28(24(20)29)13-12-18-11-10-17-6-3-4-9-22(17)25-18/h3-11,14H,12-13,15H2,1-2H3. The molecule has 1 aliphatic heterocycles. The van der Waals surface area contributed by atoms with E-state index in [1.807, 2.05) is 53.9 Å². The van der Waals surface area contributed by atoms with Crippen molar-refractivity contribution in [1.82, 2.24) is 19.7 Å². The lowest BCUT2D eigenvalue weighted by Crippen LogP contribution is -2.26. The molecular weight excluding hydrogens is 360 g/mol. The molecule has 0 atom stereocenters. The van der Waals surface area contributed by atoms with Crippen LogP contribution in [0.3, 0.4) is 0 Å². The van der Waals surface area contributed by atoms with Crippen LogP contribution >= 0.6 is 0 Å². The lowest BCUT2D eigenvalue weighted by atomic mass is 10.0. The van der Waals surface area contributed by atoms with Crippen molar-refractivity contribution in [2.75, 3.05) is 6.54 Å². The number of amides is 1. The predicted molar refractivity (Wildman–Crippen MR) is 114 cm³/mol. The van der Waals surface area contributed by atoms with Crippen molar-refractivity contribution < 1.29 is 4.79 Å². The van der Waals surface area contributed by atoms with E-state index < -0.39 is 0 Å². The molecule has 3 heterocycles. The number of aryl methyl sites for hydroxylation is 2. The first-order valence-corrected chi connectivity index (χ1v) is 9.87. The van der Waals surface area contributed by atoms with E-state index >= 15 is 0 Å². The van der Waals surface area contributed by atoms with Crippen LogP contribution in [0.2, 0.25) is 0 Å². The van der Waals surface area contributed by atoms with Gasteiger partial charge in [0.05, 0.1) is 16.9 Å². The summed E-state index contributed by atoms with van der Waals surface area (Å²) in [5.74, 6) is 0.0986. The van der Waals surface area contributed by atoms with Gasteiger partial charge >= 0.3 is 0 Å². The quantitative estimate of drug-likeness (QED) is 0.533. The van der Waals surface area contributed by atoms with E-state index in [9.17, 15) is 4.79 Å². The largest absolute Gasteiger partial charge is 0.334 e. The Balaban J connectivity index is 1.39. The number of benzene rings is 2. The van der Waals surface area contributed by atoms with Gasteiger partial charge in [-0.25, -0.2) is 0 Å². The average molecular weight is 382 g/mol. The number of para-hydroxylation sites is 1. The fourth-order valence-electron chi connectivity index (χ4n) is 4.17. The Bertz CT molecular complexity index is 1240. The molecule has 4 aromatic rings. The highest BCUT2D eigenvalue weighted by atomic mass is 16.2. The number of rotatable bonds is 4. The van der Waals surface area contributed by atoms with Gasteiger partial charge < -0.3 is 4.90 Å². The predicted octanol–water partition coefficient (Wildman–Crippen LogP) is 4.14. The number of aromatic nitrogens is 3. The zero-order valence-corrected chi connectivity index (χ0v) is 16.6. The van der Waals surface area contributed by atoms with E-state index in [0.717, 1.165) is 51.1 Å². The van der Waals surface area contributed by atoms with Crippen molar-refractivity contribution in [2.45, 2.75) is 19.9 Å². The van der Waals surface area contributed by atoms with Gasteiger partial charge in [0.1, 0.15) is 0 Å². The summed E-state index contributed by atoms with van der Waals surface area (Å²) in [7, 11) is 1.95. The molecule has 1 aliphatic rings. The normalized spacial score (nSPS) is 13.3. The van der Waals surface area contributed by atoms with E-state index in [-0.39, 0.29) is 5.91 Å². The van der Waals surface area contributed by atoms with Crippen LogP contribution in [-0.2, 0) is 20.0 Å². The number of hydrogen-bond acceptors (Lipinski definition) is 3. The maximum Gasteiger partial charge on any atom is 0.254 e. The van der Waals surface area contributed by atoms with Crippen molar-refractivity contribution in [3.05, 3.63) is 83.2 Å². The Morgan fingerprint density at radius 1 is 1.00 bits per heavy atom. The molecule has 5 rings (SSSR count). The highest BCUT2D eigenvalue weighted by molar-refractivity contribution is 6.00. The molecule has 0 saturated carbocycles. The van der Waals surface area contributed by atoms with E-state index in [1.54, 1.807) is 0 Å². The number of carbonyl (C=O) groups excluding carboxylic acids is 1. The smallest absolute Gasteiger partial charge is 0.254 e. The van der Waals surface area contributed by atoms with Crippen molar-refractivity contribution in [3.8, 4) is 11.3 Å². The van der Waals surface area contributed by atoms with Crippen LogP contribution in [0, 0.1) is 6.92 Å². The minimum Gasteiger partial charge on any atom is -0.334 e. The van der Waals surface area contributed by atoms with Gasteiger partial charge in [0, 0.05) is 48.8 Å². The van der Waals surface area contributed by atoms with E-state index in [1.165, 1.54) is 0 Å². The Morgan fingerprint density at radius 2 is 1.83 bits per heavy atom. The topological polar surface area (TPSA) is 51.0 Å². The first-order valence-electron chi connectivity index (χ1n) is 9.87. The molecule has 0 saturated heterocycles. The summed E-state index contributed by atoms with van der Waals surface area (Å²) in [6, 6.07) is 20.3. The van der Waals surface area contributed by atoms with Gasteiger partial charge in [0.25, 0.3) is 5.91 Å². The van der Waals surface area contributed by atoms with Crippen molar-refractivity contribution >= 4 is 16.8 Å². The third kappa shape index (κ3) is 3.09. The van der Waals surface area contributed by atoms with Crippen molar-refractivity contribution in [2.24, 2.45) is 7.05 Å². The molecule has 0 unspecified atom stereocenters. The summed E-state index contributed by atoms with van der Waals surface area (Å²) < 4.78 is 1.89. The van der Waals surface area contributed by atoms with Gasteiger partial charge in [-0.05, 0) is 36.8 Å². The van der Waals surface area contributed by atoms with Crippen LogP contribution in [0.15, 0.2) is 60.7 Å². The Morgan fingerprint density at radius 3 is 2.66 bits per heavy atom. The minimum atomic E-state index is 0.0986. The second kappa shape index (κ2) is 6.85. The molecule has 5 heteroatoms. The van der Waals surface area contributed by atoms with Crippen molar-refractivity contribution in [3.63, 3.8) is 0 Å². The number of pyridine rings is 1. The monoisotopic (exact) mass is 382 g/mol. The zero-order chi connectivity index (χ0) is 20.0. The fourth-order valence-corrected chi connectivity index (χ4v) is 4.17. The van der Waals surface area contributed by atoms with E-state index in [0.29, 0.717) is 13.1 Å². The summed E-state index contributed by atoms with van der Waals surface area (Å²) in [5.41, 5.74) is 7.00. The molecule has 0 aliphatic carbocycles. The molecule has 2 aromatic heterocycles. The maximum absolute atomic E-state index is 13.0. The van der Waals surface area contributed by atoms with Gasteiger partial charge in [0.2, 0.25) is 0 Å². The van der Waals surface area contributed by atoms with Crippen molar-refractivity contribution in [1.29, 1.82) is 0 Å². The Labute approximate surface area is 169 Å². The van der Waals surface area contributed by atoms with Gasteiger partial charge in [-0.2, -0.15) is 5.10 Å². The van der Waals surface area contributed by atoms with E-state index in [4.69, 9.17) is 4.98 Å².